The van der Waals surface area contributed by atoms with E-state index in [0.29, 0.717) is 12.5 Å². The number of carbonyl (C=O) groups excluding carboxylic acids is 1. The van der Waals surface area contributed by atoms with E-state index in [-0.39, 0.29) is 24.0 Å². The van der Waals surface area contributed by atoms with Gasteiger partial charge in [-0.05, 0) is 30.7 Å². The topological polar surface area (TPSA) is 62.2 Å². The Kier molecular flexibility index (Phi) is 4.25. The Balaban J connectivity index is 1.88. The van der Waals surface area contributed by atoms with Crippen LogP contribution in [0, 0.1) is 17.8 Å². The van der Waals surface area contributed by atoms with Gasteiger partial charge in [0.05, 0.1) is 0 Å². The van der Waals surface area contributed by atoms with E-state index in [1.165, 1.54) is 12.3 Å². The van der Waals surface area contributed by atoms with E-state index in [4.69, 9.17) is 0 Å². The van der Waals surface area contributed by atoms with Crippen LogP contribution in [0.1, 0.15) is 29.6 Å². The molecule has 5 heteroatoms. The average molecular weight is 252 g/mol. The van der Waals surface area contributed by atoms with Crippen molar-refractivity contribution in [3.05, 3.63) is 29.8 Å². The lowest BCUT2D eigenvalue weighted by atomic mass is 9.97. The Hall–Kier alpha value is -1.49. The van der Waals surface area contributed by atoms with Crippen LogP contribution in [-0.2, 0) is 0 Å². The minimum absolute atomic E-state index is 0.171. The predicted molar refractivity (Wildman–Crippen MR) is 64.4 cm³/mol. The number of amides is 1. The molecule has 0 spiro atoms. The van der Waals surface area contributed by atoms with E-state index in [9.17, 15) is 14.3 Å². The van der Waals surface area contributed by atoms with Crippen LogP contribution in [0.15, 0.2) is 18.3 Å². The normalized spacial score (nSPS) is 23.0. The number of nitrogens with zero attached hydrogens (tertiary/aromatic N) is 1. The van der Waals surface area contributed by atoms with E-state index < -0.39 is 5.95 Å². The smallest absolute Gasteiger partial charge is 0.251 e. The summed E-state index contributed by atoms with van der Waals surface area (Å²) in [5.74, 6) is -0.346. The van der Waals surface area contributed by atoms with Gasteiger partial charge in [0.1, 0.15) is 0 Å². The van der Waals surface area contributed by atoms with Crippen molar-refractivity contribution in [2.45, 2.75) is 19.3 Å². The van der Waals surface area contributed by atoms with Gasteiger partial charge in [0, 0.05) is 31.0 Å². The SMILES string of the molecule is O=C(NCC1CCCC1CO)c1ccnc(F)c1. The molecular formula is C13H17FN2O2. The Morgan fingerprint density at radius 2 is 2.28 bits per heavy atom. The van der Waals surface area contributed by atoms with Crippen molar-refractivity contribution in [2.75, 3.05) is 13.2 Å². The first kappa shape index (κ1) is 13.0. The highest BCUT2D eigenvalue weighted by atomic mass is 19.1. The van der Waals surface area contributed by atoms with Gasteiger partial charge in [-0.1, -0.05) is 6.42 Å². The van der Waals surface area contributed by atoms with Gasteiger partial charge in [0.2, 0.25) is 5.95 Å². The van der Waals surface area contributed by atoms with Crippen LogP contribution in [0.4, 0.5) is 4.39 Å². The number of aromatic nitrogens is 1. The number of rotatable bonds is 4. The predicted octanol–water partition coefficient (Wildman–Crippen LogP) is 1.36. The molecule has 1 fully saturated rings. The lowest BCUT2D eigenvalue weighted by Gasteiger charge is -2.17. The summed E-state index contributed by atoms with van der Waals surface area (Å²) >= 11 is 0. The van der Waals surface area contributed by atoms with Crippen LogP contribution in [0.2, 0.25) is 0 Å². The summed E-state index contributed by atoms with van der Waals surface area (Å²) in [4.78, 5) is 15.2. The highest BCUT2D eigenvalue weighted by molar-refractivity contribution is 5.93. The van der Waals surface area contributed by atoms with Gasteiger partial charge in [-0.25, -0.2) is 4.98 Å². The minimum atomic E-state index is -0.656. The maximum atomic E-state index is 12.9. The molecule has 1 aliphatic carbocycles. The van der Waals surface area contributed by atoms with Gasteiger partial charge in [0.25, 0.3) is 5.91 Å². The zero-order valence-corrected chi connectivity index (χ0v) is 10.1. The monoisotopic (exact) mass is 252 g/mol. The van der Waals surface area contributed by atoms with Crippen molar-refractivity contribution in [1.29, 1.82) is 0 Å². The molecular weight excluding hydrogens is 235 g/mol. The van der Waals surface area contributed by atoms with Crippen molar-refractivity contribution in [3.8, 4) is 0 Å². The van der Waals surface area contributed by atoms with Gasteiger partial charge < -0.3 is 10.4 Å². The molecule has 1 aliphatic rings. The van der Waals surface area contributed by atoms with Crippen LogP contribution < -0.4 is 5.32 Å². The molecule has 0 aliphatic heterocycles. The summed E-state index contributed by atoms with van der Waals surface area (Å²) in [5, 5.41) is 12.0. The van der Waals surface area contributed by atoms with Crippen molar-refractivity contribution in [3.63, 3.8) is 0 Å². The number of halogens is 1. The number of carbonyl (C=O) groups is 1. The average Bonchev–Trinajstić information content (AvgIpc) is 2.83. The second-order valence-corrected chi connectivity index (χ2v) is 4.71. The third-order valence-corrected chi connectivity index (χ3v) is 3.56. The number of nitrogens with one attached hydrogen (secondary N) is 1. The van der Waals surface area contributed by atoms with E-state index in [1.807, 2.05) is 0 Å². The Bertz CT molecular complexity index is 425. The second kappa shape index (κ2) is 5.91. The van der Waals surface area contributed by atoms with E-state index in [2.05, 4.69) is 10.3 Å². The van der Waals surface area contributed by atoms with Crippen LogP contribution in [-0.4, -0.2) is 29.1 Å². The van der Waals surface area contributed by atoms with Gasteiger partial charge in [-0.3, -0.25) is 4.79 Å². The molecule has 0 bridgehead atoms. The van der Waals surface area contributed by atoms with Crippen LogP contribution in [0.5, 0.6) is 0 Å². The Labute approximate surface area is 105 Å². The standard InChI is InChI=1S/C13H17FN2O2/c14-12-6-9(4-5-15-12)13(18)16-7-10-2-1-3-11(10)8-17/h4-6,10-11,17H,1-3,7-8H2,(H,16,18). The molecule has 1 aromatic rings. The molecule has 0 aromatic carbocycles. The highest BCUT2D eigenvalue weighted by Gasteiger charge is 2.26. The summed E-state index contributed by atoms with van der Waals surface area (Å²) in [6.45, 7) is 0.707. The molecule has 0 radical (unpaired) electrons. The zero-order chi connectivity index (χ0) is 13.0. The third kappa shape index (κ3) is 3.04. The molecule has 4 nitrogen and oxygen atoms in total. The molecule has 1 saturated carbocycles. The fourth-order valence-electron chi connectivity index (χ4n) is 2.49. The molecule has 0 saturated heterocycles. The maximum Gasteiger partial charge on any atom is 0.251 e. The molecule has 2 rings (SSSR count). The molecule has 18 heavy (non-hydrogen) atoms. The summed E-state index contributed by atoms with van der Waals surface area (Å²) in [7, 11) is 0. The molecule has 1 amide bonds. The number of hydrogen-bond donors (Lipinski definition) is 2. The lowest BCUT2D eigenvalue weighted by Crippen LogP contribution is -2.31. The summed E-state index contributed by atoms with van der Waals surface area (Å²) in [6.07, 6.45) is 4.41. The third-order valence-electron chi connectivity index (χ3n) is 3.56. The molecule has 2 atom stereocenters. The minimum Gasteiger partial charge on any atom is -0.396 e. The molecule has 1 aromatic heterocycles. The molecule has 2 N–H and O–H groups in total. The van der Waals surface area contributed by atoms with Crippen LogP contribution >= 0.6 is 0 Å². The first-order chi connectivity index (χ1) is 8.70. The van der Waals surface area contributed by atoms with Crippen LogP contribution in [0.3, 0.4) is 0 Å². The number of pyridine rings is 1. The first-order valence-electron chi connectivity index (χ1n) is 6.21. The van der Waals surface area contributed by atoms with Crippen molar-refractivity contribution < 1.29 is 14.3 Å². The van der Waals surface area contributed by atoms with Crippen molar-refractivity contribution in [2.24, 2.45) is 11.8 Å². The molecule has 2 unspecified atom stereocenters. The number of aliphatic hydroxyl groups is 1. The number of hydrogen-bond acceptors (Lipinski definition) is 3. The second-order valence-electron chi connectivity index (χ2n) is 4.71. The highest BCUT2D eigenvalue weighted by Crippen LogP contribution is 2.30. The zero-order valence-electron chi connectivity index (χ0n) is 10.1. The van der Waals surface area contributed by atoms with Gasteiger partial charge in [-0.2, -0.15) is 4.39 Å². The maximum absolute atomic E-state index is 12.9. The van der Waals surface area contributed by atoms with Crippen molar-refractivity contribution >= 4 is 5.91 Å². The van der Waals surface area contributed by atoms with Gasteiger partial charge in [0.15, 0.2) is 0 Å². The summed E-state index contributed by atoms with van der Waals surface area (Å²) in [5.41, 5.74) is 0.279. The number of aliphatic hydroxyl groups excluding tert-OH is 1. The summed E-state index contributed by atoms with van der Waals surface area (Å²) in [6, 6.07) is 2.60. The largest absolute Gasteiger partial charge is 0.396 e. The van der Waals surface area contributed by atoms with Gasteiger partial charge in [-0.15, -0.1) is 0 Å². The molecule has 1 heterocycles. The Morgan fingerprint density at radius 3 is 3.00 bits per heavy atom. The summed E-state index contributed by atoms with van der Waals surface area (Å²) < 4.78 is 12.9. The lowest BCUT2D eigenvalue weighted by molar-refractivity contribution is 0.0937. The Morgan fingerprint density at radius 1 is 1.50 bits per heavy atom. The van der Waals surface area contributed by atoms with E-state index >= 15 is 0 Å². The fraction of sp³-hybridized carbons (Fsp3) is 0.538. The van der Waals surface area contributed by atoms with Gasteiger partial charge >= 0.3 is 0 Å². The molecule has 98 valence electrons. The quantitative estimate of drug-likeness (QED) is 0.795. The van der Waals surface area contributed by atoms with Crippen molar-refractivity contribution in [1.82, 2.24) is 10.3 Å². The van der Waals surface area contributed by atoms with E-state index in [1.54, 1.807) is 0 Å². The van der Waals surface area contributed by atoms with E-state index in [0.717, 1.165) is 25.3 Å². The van der Waals surface area contributed by atoms with Crippen LogP contribution in [0.25, 0.3) is 0 Å². The first-order valence-corrected chi connectivity index (χ1v) is 6.21. The fourth-order valence-corrected chi connectivity index (χ4v) is 2.49.